The molecule has 0 spiro atoms. The predicted molar refractivity (Wildman–Crippen MR) is 54.6 cm³/mol. The molecule has 0 amide bonds. The Labute approximate surface area is 91.0 Å². The van der Waals surface area contributed by atoms with Gasteiger partial charge in [-0.3, -0.25) is 0 Å². The Morgan fingerprint density at radius 3 is 2.73 bits per heavy atom. The molecular weight excluding hydrogens is 216 g/mol. The smallest absolute Gasteiger partial charge is 0.330 e. The molecule has 2 heterocycles. The van der Waals surface area contributed by atoms with E-state index in [1.165, 1.54) is 10.9 Å². The van der Waals surface area contributed by atoms with Crippen LogP contribution in [0.15, 0.2) is 42.9 Å². The number of halogens is 1. The molecule has 0 aromatic carbocycles. The second kappa shape index (κ2) is 4.14. The lowest BCUT2D eigenvalue weighted by molar-refractivity contribution is 0.0456. The van der Waals surface area contributed by atoms with E-state index in [-0.39, 0.29) is 10.7 Å². The molecule has 0 saturated carbocycles. The minimum Gasteiger partial charge on any atom is -0.330 e. The molecule has 2 aromatic rings. The van der Waals surface area contributed by atoms with Crippen molar-refractivity contribution in [2.45, 2.75) is 0 Å². The van der Waals surface area contributed by atoms with Crippen LogP contribution in [-0.2, 0) is 0 Å². The summed E-state index contributed by atoms with van der Waals surface area (Å²) in [5.74, 6) is -0.586. The molecule has 0 radical (unpaired) electrons. The summed E-state index contributed by atoms with van der Waals surface area (Å²) >= 11 is 5.79. The Kier molecular flexibility index (Phi) is 2.69. The van der Waals surface area contributed by atoms with E-state index in [1.807, 2.05) is 0 Å². The van der Waals surface area contributed by atoms with Gasteiger partial charge < -0.3 is 4.84 Å². The topological polar surface area (TPSA) is 44.1 Å². The molecular formula is C10H7ClN2O2. The van der Waals surface area contributed by atoms with Gasteiger partial charge >= 0.3 is 5.97 Å². The van der Waals surface area contributed by atoms with Crippen LogP contribution in [0.2, 0.25) is 5.02 Å². The van der Waals surface area contributed by atoms with Crippen molar-refractivity contribution in [2.75, 3.05) is 0 Å². The molecule has 0 aliphatic carbocycles. The van der Waals surface area contributed by atoms with Gasteiger partial charge in [0.15, 0.2) is 5.69 Å². The molecule has 5 heteroatoms. The largest absolute Gasteiger partial charge is 0.383 e. The monoisotopic (exact) mass is 222 g/mol. The third kappa shape index (κ3) is 2.16. The Morgan fingerprint density at radius 1 is 1.33 bits per heavy atom. The van der Waals surface area contributed by atoms with E-state index < -0.39 is 5.97 Å². The number of nitrogens with zero attached hydrogens (tertiary/aromatic N) is 2. The van der Waals surface area contributed by atoms with E-state index in [0.29, 0.717) is 0 Å². The number of hydrogen-bond acceptors (Lipinski definition) is 3. The molecule has 0 fully saturated rings. The third-order valence-corrected chi connectivity index (χ3v) is 2.02. The average Bonchev–Trinajstić information content (AvgIpc) is 2.71. The van der Waals surface area contributed by atoms with Gasteiger partial charge in [-0.15, -0.1) is 0 Å². The lowest BCUT2D eigenvalue weighted by Gasteiger charge is -2.04. The SMILES string of the molecule is O=C(On1cccc1)c1ncccc1Cl. The lowest BCUT2D eigenvalue weighted by Crippen LogP contribution is -2.19. The summed E-state index contributed by atoms with van der Waals surface area (Å²) in [6, 6.07) is 6.72. The molecule has 0 atom stereocenters. The van der Waals surface area contributed by atoms with Crippen molar-refractivity contribution in [2.24, 2.45) is 0 Å². The van der Waals surface area contributed by atoms with Gasteiger partial charge in [-0.1, -0.05) is 11.6 Å². The second-order valence-electron chi connectivity index (χ2n) is 2.76. The van der Waals surface area contributed by atoms with Gasteiger partial charge in [0.05, 0.1) is 5.02 Å². The fraction of sp³-hybridized carbons (Fsp3) is 0. The first-order chi connectivity index (χ1) is 7.27. The molecule has 0 unspecified atom stereocenters. The first-order valence-electron chi connectivity index (χ1n) is 4.23. The maximum atomic E-state index is 11.5. The summed E-state index contributed by atoms with van der Waals surface area (Å²) in [6.07, 6.45) is 4.70. The van der Waals surface area contributed by atoms with Crippen molar-refractivity contribution in [3.8, 4) is 0 Å². The first-order valence-corrected chi connectivity index (χ1v) is 4.61. The molecule has 2 aromatic heterocycles. The summed E-state index contributed by atoms with van der Waals surface area (Å²) in [5, 5.41) is 0.273. The Bertz CT molecular complexity index is 468. The van der Waals surface area contributed by atoms with Crippen molar-refractivity contribution in [1.29, 1.82) is 0 Å². The Morgan fingerprint density at radius 2 is 2.07 bits per heavy atom. The van der Waals surface area contributed by atoms with Crippen LogP contribution in [-0.4, -0.2) is 15.7 Å². The fourth-order valence-corrected chi connectivity index (χ4v) is 1.25. The van der Waals surface area contributed by atoms with Crippen LogP contribution in [0.1, 0.15) is 10.5 Å². The van der Waals surface area contributed by atoms with Gasteiger partial charge in [0.2, 0.25) is 0 Å². The van der Waals surface area contributed by atoms with Gasteiger partial charge in [0.25, 0.3) is 0 Å². The van der Waals surface area contributed by atoms with Crippen molar-refractivity contribution >= 4 is 17.6 Å². The summed E-state index contributed by atoms with van der Waals surface area (Å²) in [4.78, 5) is 20.3. The predicted octanol–water partition coefficient (Wildman–Crippen LogP) is 1.81. The minimum absolute atomic E-state index is 0.105. The molecule has 4 nitrogen and oxygen atoms in total. The summed E-state index contributed by atoms with van der Waals surface area (Å²) in [6.45, 7) is 0. The van der Waals surface area contributed by atoms with E-state index in [9.17, 15) is 4.79 Å². The standard InChI is InChI=1S/C10H7ClN2O2/c11-8-4-3-5-12-9(8)10(14)15-13-6-1-2-7-13/h1-7H. The molecule has 76 valence electrons. The maximum Gasteiger partial charge on any atom is 0.383 e. The van der Waals surface area contributed by atoms with Crippen LogP contribution >= 0.6 is 11.6 Å². The van der Waals surface area contributed by atoms with Crippen molar-refractivity contribution in [1.82, 2.24) is 9.71 Å². The Hall–Kier alpha value is -1.81. The van der Waals surface area contributed by atoms with Crippen LogP contribution in [0.3, 0.4) is 0 Å². The highest BCUT2D eigenvalue weighted by molar-refractivity contribution is 6.33. The van der Waals surface area contributed by atoms with Crippen LogP contribution < -0.4 is 4.84 Å². The Balaban J connectivity index is 2.19. The van der Waals surface area contributed by atoms with E-state index in [4.69, 9.17) is 16.4 Å². The number of carbonyl (C=O) groups excluding carboxylic acids is 1. The highest BCUT2D eigenvalue weighted by Crippen LogP contribution is 2.12. The van der Waals surface area contributed by atoms with E-state index in [0.717, 1.165) is 0 Å². The zero-order valence-corrected chi connectivity index (χ0v) is 8.39. The number of hydrogen-bond donors (Lipinski definition) is 0. The zero-order valence-electron chi connectivity index (χ0n) is 7.63. The number of carbonyl (C=O) groups is 1. The highest BCUT2D eigenvalue weighted by Gasteiger charge is 2.13. The fourth-order valence-electron chi connectivity index (χ4n) is 1.05. The molecule has 0 N–H and O–H groups in total. The maximum absolute atomic E-state index is 11.5. The summed E-state index contributed by atoms with van der Waals surface area (Å²) in [5.41, 5.74) is 0.105. The highest BCUT2D eigenvalue weighted by atomic mass is 35.5. The van der Waals surface area contributed by atoms with E-state index in [1.54, 1.807) is 36.7 Å². The van der Waals surface area contributed by atoms with Gasteiger partial charge in [-0.2, -0.15) is 4.73 Å². The van der Waals surface area contributed by atoms with Crippen LogP contribution in [0, 0.1) is 0 Å². The molecule has 2 rings (SSSR count). The van der Waals surface area contributed by atoms with Gasteiger partial charge in [-0.05, 0) is 24.3 Å². The van der Waals surface area contributed by atoms with Gasteiger partial charge in [0.1, 0.15) is 0 Å². The summed E-state index contributed by atoms with van der Waals surface area (Å²) < 4.78 is 1.29. The number of aromatic nitrogens is 2. The van der Waals surface area contributed by atoms with Crippen LogP contribution in [0.4, 0.5) is 0 Å². The second-order valence-corrected chi connectivity index (χ2v) is 3.16. The zero-order chi connectivity index (χ0) is 10.7. The number of rotatable bonds is 2. The van der Waals surface area contributed by atoms with Crippen molar-refractivity contribution < 1.29 is 9.63 Å². The average molecular weight is 223 g/mol. The molecule has 0 aliphatic rings. The van der Waals surface area contributed by atoms with Crippen LogP contribution in [0.25, 0.3) is 0 Å². The first kappa shape index (κ1) is 9.73. The van der Waals surface area contributed by atoms with Crippen LogP contribution in [0.5, 0.6) is 0 Å². The lowest BCUT2D eigenvalue weighted by atomic mass is 10.3. The number of pyridine rings is 1. The van der Waals surface area contributed by atoms with Crippen molar-refractivity contribution in [3.63, 3.8) is 0 Å². The van der Waals surface area contributed by atoms with E-state index >= 15 is 0 Å². The minimum atomic E-state index is -0.586. The van der Waals surface area contributed by atoms with Gasteiger partial charge in [-0.25, -0.2) is 9.78 Å². The van der Waals surface area contributed by atoms with Crippen molar-refractivity contribution in [3.05, 3.63) is 53.6 Å². The quantitative estimate of drug-likeness (QED) is 0.778. The normalized spacial score (nSPS) is 9.93. The van der Waals surface area contributed by atoms with Gasteiger partial charge in [0, 0.05) is 18.6 Å². The third-order valence-electron chi connectivity index (χ3n) is 1.72. The van der Waals surface area contributed by atoms with E-state index in [2.05, 4.69) is 4.98 Å². The molecule has 0 bridgehead atoms. The molecule has 0 aliphatic heterocycles. The molecule has 0 saturated heterocycles. The molecule has 15 heavy (non-hydrogen) atoms. The summed E-state index contributed by atoms with van der Waals surface area (Å²) in [7, 11) is 0.